The molecule has 3 rings (SSSR count). The number of aromatic nitrogens is 1. The monoisotopic (exact) mass is 449 g/mol. The summed E-state index contributed by atoms with van der Waals surface area (Å²) >= 11 is 15.7. The van der Waals surface area contributed by atoms with Crippen molar-refractivity contribution in [1.82, 2.24) is 4.98 Å². The number of pyridine rings is 1. The molecule has 0 fully saturated rings. The summed E-state index contributed by atoms with van der Waals surface area (Å²) in [6, 6.07) is 14.6. The van der Waals surface area contributed by atoms with Gasteiger partial charge in [-0.15, -0.1) is 0 Å². The first-order valence-electron chi connectivity index (χ1n) is 7.71. The Labute approximate surface area is 169 Å². The van der Waals surface area contributed by atoms with E-state index in [0.717, 1.165) is 21.3 Å². The summed E-state index contributed by atoms with van der Waals surface area (Å²) in [5.74, 6) is -0.183. The fourth-order valence-electron chi connectivity index (χ4n) is 2.35. The van der Waals surface area contributed by atoms with Crippen LogP contribution in [-0.4, -0.2) is 17.4 Å². The number of hydrogen-bond acceptors (Lipinski definition) is 3. The Kier molecular flexibility index (Phi) is 6.14. The van der Waals surface area contributed by atoms with Gasteiger partial charge < -0.3 is 10.6 Å². The van der Waals surface area contributed by atoms with Crippen LogP contribution in [0.3, 0.4) is 0 Å². The van der Waals surface area contributed by atoms with E-state index in [1.807, 2.05) is 24.3 Å². The third-order valence-corrected chi connectivity index (χ3v) is 5.16. The van der Waals surface area contributed by atoms with Crippen LogP contribution in [-0.2, 0) is 4.79 Å². The second-order valence-corrected chi connectivity index (χ2v) is 7.13. The van der Waals surface area contributed by atoms with Gasteiger partial charge in [0.15, 0.2) is 0 Å². The van der Waals surface area contributed by atoms with Gasteiger partial charge in [-0.1, -0.05) is 29.3 Å². The molecule has 0 unspecified atom stereocenters. The van der Waals surface area contributed by atoms with Gasteiger partial charge in [0.25, 0.3) is 0 Å². The molecule has 2 aromatic carbocycles. The van der Waals surface area contributed by atoms with E-state index in [2.05, 4.69) is 31.5 Å². The molecule has 2 N–H and O–H groups in total. The molecule has 4 nitrogen and oxygen atoms in total. The van der Waals surface area contributed by atoms with Crippen LogP contribution in [0.4, 0.5) is 11.4 Å². The Hall–Kier alpha value is -2.08. The smallest absolute Gasteiger partial charge is 0.243 e. The van der Waals surface area contributed by atoms with Gasteiger partial charge in [-0.25, -0.2) is 0 Å². The van der Waals surface area contributed by atoms with Gasteiger partial charge >= 0.3 is 0 Å². The molecule has 0 aliphatic carbocycles. The second-order valence-electron chi connectivity index (χ2n) is 5.46. The number of benzene rings is 2. The van der Waals surface area contributed by atoms with Crippen LogP contribution < -0.4 is 10.6 Å². The van der Waals surface area contributed by atoms with Crippen molar-refractivity contribution < 1.29 is 4.79 Å². The minimum atomic E-state index is -0.183. The maximum absolute atomic E-state index is 12.1. The predicted octanol–water partition coefficient (Wildman–Crippen LogP) is 5.87. The quantitative estimate of drug-likeness (QED) is 0.511. The van der Waals surface area contributed by atoms with Crippen LogP contribution in [0.1, 0.15) is 0 Å². The van der Waals surface area contributed by atoms with E-state index in [-0.39, 0.29) is 12.5 Å². The highest BCUT2D eigenvalue weighted by Gasteiger charge is 2.07. The number of anilines is 2. The molecule has 1 heterocycles. The zero-order valence-corrected chi connectivity index (χ0v) is 16.6. The number of carbonyl (C=O) groups is 1. The van der Waals surface area contributed by atoms with Crippen LogP contribution in [0.25, 0.3) is 11.1 Å². The Balaban J connectivity index is 1.61. The van der Waals surface area contributed by atoms with E-state index in [0.29, 0.717) is 15.7 Å². The number of carbonyl (C=O) groups excluding carboxylic acids is 1. The first-order valence-corrected chi connectivity index (χ1v) is 9.26. The zero-order chi connectivity index (χ0) is 18.5. The Morgan fingerprint density at radius 2 is 1.65 bits per heavy atom. The number of nitrogens with one attached hydrogen (secondary N) is 2. The van der Waals surface area contributed by atoms with Crippen molar-refractivity contribution in [2.45, 2.75) is 0 Å². The van der Waals surface area contributed by atoms with E-state index in [1.165, 1.54) is 0 Å². The average molecular weight is 451 g/mol. The van der Waals surface area contributed by atoms with Crippen molar-refractivity contribution in [3.8, 4) is 11.1 Å². The van der Waals surface area contributed by atoms with Gasteiger partial charge in [-0.05, 0) is 64.0 Å². The highest BCUT2D eigenvalue weighted by molar-refractivity contribution is 9.10. The minimum Gasteiger partial charge on any atom is -0.376 e. The lowest BCUT2D eigenvalue weighted by Crippen LogP contribution is -2.21. The van der Waals surface area contributed by atoms with E-state index in [1.54, 1.807) is 36.7 Å². The van der Waals surface area contributed by atoms with Crippen LogP contribution >= 0.6 is 39.1 Å². The standard InChI is InChI=1S/C19H14BrCl2N3O/c20-16-4-2-14(10-18(16)22)25-19(26)11-24-13-1-3-15(17(21)9-13)12-5-7-23-8-6-12/h1-10,24H,11H2,(H,25,26). The summed E-state index contributed by atoms with van der Waals surface area (Å²) in [5.41, 5.74) is 3.29. The normalized spacial score (nSPS) is 10.4. The van der Waals surface area contributed by atoms with E-state index in [9.17, 15) is 4.79 Å². The van der Waals surface area contributed by atoms with E-state index in [4.69, 9.17) is 23.2 Å². The van der Waals surface area contributed by atoms with Gasteiger partial charge in [0.1, 0.15) is 0 Å². The van der Waals surface area contributed by atoms with Crippen molar-refractivity contribution >= 4 is 56.4 Å². The fraction of sp³-hybridized carbons (Fsp3) is 0.0526. The average Bonchev–Trinajstić information content (AvgIpc) is 2.64. The molecule has 26 heavy (non-hydrogen) atoms. The molecule has 1 amide bonds. The first kappa shape index (κ1) is 18.7. The van der Waals surface area contributed by atoms with Crippen molar-refractivity contribution in [1.29, 1.82) is 0 Å². The summed E-state index contributed by atoms with van der Waals surface area (Å²) in [5, 5.41) is 6.98. The molecule has 0 spiro atoms. The highest BCUT2D eigenvalue weighted by atomic mass is 79.9. The number of rotatable bonds is 5. The van der Waals surface area contributed by atoms with E-state index < -0.39 is 0 Å². The minimum absolute atomic E-state index is 0.110. The number of hydrogen-bond donors (Lipinski definition) is 2. The van der Waals surface area contributed by atoms with Gasteiger partial charge in [0, 0.05) is 33.8 Å². The van der Waals surface area contributed by atoms with Crippen molar-refractivity contribution in [2.24, 2.45) is 0 Å². The summed E-state index contributed by atoms with van der Waals surface area (Å²) in [7, 11) is 0. The summed E-state index contributed by atoms with van der Waals surface area (Å²) in [6.45, 7) is 0.110. The molecular formula is C19H14BrCl2N3O. The van der Waals surface area contributed by atoms with Crippen molar-refractivity contribution in [3.05, 3.63) is 75.4 Å². The third kappa shape index (κ3) is 4.75. The Morgan fingerprint density at radius 1 is 0.962 bits per heavy atom. The van der Waals surface area contributed by atoms with Crippen molar-refractivity contribution in [3.63, 3.8) is 0 Å². The number of nitrogens with zero attached hydrogens (tertiary/aromatic N) is 1. The van der Waals surface area contributed by atoms with Gasteiger partial charge in [0.2, 0.25) is 5.91 Å². The summed E-state index contributed by atoms with van der Waals surface area (Å²) in [4.78, 5) is 16.1. The lowest BCUT2D eigenvalue weighted by atomic mass is 10.1. The van der Waals surface area contributed by atoms with E-state index >= 15 is 0 Å². The summed E-state index contributed by atoms with van der Waals surface area (Å²) < 4.78 is 0.777. The zero-order valence-electron chi connectivity index (χ0n) is 13.5. The molecule has 0 atom stereocenters. The number of amides is 1. The molecule has 7 heteroatoms. The third-order valence-electron chi connectivity index (χ3n) is 3.62. The summed E-state index contributed by atoms with van der Waals surface area (Å²) in [6.07, 6.45) is 3.44. The lowest BCUT2D eigenvalue weighted by Gasteiger charge is -2.10. The van der Waals surface area contributed by atoms with Crippen LogP contribution in [0.15, 0.2) is 65.4 Å². The number of halogens is 3. The molecule has 0 aliphatic rings. The van der Waals surface area contributed by atoms with Crippen molar-refractivity contribution in [2.75, 3.05) is 17.2 Å². The molecule has 1 aromatic heterocycles. The van der Waals surface area contributed by atoms with Crippen LogP contribution in [0.5, 0.6) is 0 Å². The van der Waals surface area contributed by atoms with Gasteiger partial charge in [-0.3, -0.25) is 9.78 Å². The second kappa shape index (κ2) is 8.54. The topological polar surface area (TPSA) is 54.0 Å². The fourth-order valence-corrected chi connectivity index (χ4v) is 3.07. The maximum atomic E-state index is 12.1. The molecule has 0 saturated carbocycles. The maximum Gasteiger partial charge on any atom is 0.243 e. The Morgan fingerprint density at radius 3 is 2.35 bits per heavy atom. The van der Waals surface area contributed by atoms with Gasteiger partial charge in [-0.2, -0.15) is 0 Å². The van der Waals surface area contributed by atoms with Gasteiger partial charge in [0.05, 0.1) is 16.6 Å². The lowest BCUT2D eigenvalue weighted by molar-refractivity contribution is -0.114. The molecule has 0 aliphatic heterocycles. The highest BCUT2D eigenvalue weighted by Crippen LogP contribution is 2.30. The molecular weight excluding hydrogens is 437 g/mol. The predicted molar refractivity (Wildman–Crippen MR) is 111 cm³/mol. The first-order chi connectivity index (χ1) is 12.5. The molecule has 3 aromatic rings. The van der Waals surface area contributed by atoms with Crippen LogP contribution in [0, 0.1) is 0 Å². The van der Waals surface area contributed by atoms with Crippen LogP contribution in [0.2, 0.25) is 10.0 Å². The molecule has 132 valence electrons. The largest absolute Gasteiger partial charge is 0.376 e. The molecule has 0 saturated heterocycles. The molecule has 0 radical (unpaired) electrons. The Bertz CT molecular complexity index is 935. The molecule has 0 bridgehead atoms. The SMILES string of the molecule is O=C(CNc1ccc(-c2ccncc2)c(Cl)c1)Nc1ccc(Br)c(Cl)c1.